The summed E-state index contributed by atoms with van der Waals surface area (Å²) in [4.78, 5) is 16.3. The predicted octanol–water partition coefficient (Wildman–Crippen LogP) is 3.13. The molecule has 1 aliphatic carbocycles. The number of Topliss-reactive ketones (excluding diaryl/α,β-unsaturated/α-hetero) is 1. The zero-order chi connectivity index (χ0) is 12.0. The first-order valence-corrected chi connectivity index (χ1v) is 6.18. The summed E-state index contributed by atoms with van der Waals surface area (Å²) in [6.45, 7) is 0. The molecule has 0 fully saturated rings. The average Bonchev–Trinajstić information content (AvgIpc) is 2.72. The standard InChI is InChI=1S/C13H10BrNO2/c1-17-7-4-9-11(15-6-7)5-10(14)8-2-3-12(16)13(8)9/h4-6H,2-3H2,1H3. The van der Waals surface area contributed by atoms with Gasteiger partial charge in [0.15, 0.2) is 5.78 Å². The second-order valence-electron chi connectivity index (χ2n) is 4.08. The molecule has 2 aromatic rings. The molecule has 0 unspecified atom stereocenters. The number of aromatic nitrogens is 1. The van der Waals surface area contributed by atoms with E-state index in [0.29, 0.717) is 12.2 Å². The van der Waals surface area contributed by atoms with Gasteiger partial charge in [-0.05, 0) is 24.1 Å². The van der Waals surface area contributed by atoms with Crippen LogP contribution in [-0.4, -0.2) is 17.9 Å². The van der Waals surface area contributed by atoms with Gasteiger partial charge < -0.3 is 4.74 Å². The minimum atomic E-state index is 0.196. The van der Waals surface area contributed by atoms with E-state index < -0.39 is 0 Å². The van der Waals surface area contributed by atoms with E-state index in [0.717, 1.165) is 32.9 Å². The Kier molecular flexibility index (Phi) is 2.40. The van der Waals surface area contributed by atoms with Crippen molar-refractivity contribution >= 4 is 32.6 Å². The molecule has 3 nitrogen and oxygen atoms in total. The van der Waals surface area contributed by atoms with Crippen LogP contribution in [0.15, 0.2) is 22.8 Å². The van der Waals surface area contributed by atoms with Gasteiger partial charge in [0.2, 0.25) is 0 Å². The van der Waals surface area contributed by atoms with E-state index in [4.69, 9.17) is 4.74 Å². The Labute approximate surface area is 107 Å². The summed E-state index contributed by atoms with van der Waals surface area (Å²) in [7, 11) is 1.60. The van der Waals surface area contributed by atoms with E-state index in [1.54, 1.807) is 13.3 Å². The normalized spacial score (nSPS) is 14.1. The lowest BCUT2D eigenvalue weighted by molar-refractivity contribution is 0.0996. The highest BCUT2D eigenvalue weighted by atomic mass is 79.9. The fraction of sp³-hybridized carbons (Fsp3) is 0.231. The number of nitrogens with zero attached hydrogens (tertiary/aromatic N) is 1. The zero-order valence-corrected chi connectivity index (χ0v) is 10.9. The van der Waals surface area contributed by atoms with Crippen LogP contribution in [0.5, 0.6) is 5.75 Å². The van der Waals surface area contributed by atoms with Crippen LogP contribution in [0.25, 0.3) is 10.9 Å². The molecule has 3 rings (SSSR count). The highest BCUT2D eigenvalue weighted by molar-refractivity contribution is 9.10. The Morgan fingerprint density at radius 3 is 2.94 bits per heavy atom. The second kappa shape index (κ2) is 3.81. The minimum absolute atomic E-state index is 0.196. The molecule has 86 valence electrons. The molecule has 0 amide bonds. The molecule has 1 aliphatic rings. The molecule has 0 bridgehead atoms. The number of rotatable bonds is 1. The van der Waals surface area contributed by atoms with Gasteiger partial charge in [0.1, 0.15) is 5.75 Å². The molecule has 0 radical (unpaired) electrons. The number of ether oxygens (including phenoxy) is 1. The molecular weight excluding hydrogens is 282 g/mol. The van der Waals surface area contributed by atoms with Gasteiger partial charge in [-0.2, -0.15) is 0 Å². The second-order valence-corrected chi connectivity index (χ2v) is 4.93. The number of fused-ring (bicyclic) bond motifs is 3. The third-order valence-corrected chi connectivity index (χ3v) is 3.84. The molecule has 0 aliphatic heterocycles. The number of carbonyl (C=O) groups excluding carboxylic acids is 1. The minimum Gasteiger partial charge on any atom is -0.495 e. The molecule has 0 saturated heterocycles. The van der Waals surface area contributed by atoms with E-state index >= 15 is 0 Å². The van der Waals surface area contributed by atoms with Crippen molar-refractivity contribution in [3.05, 3.63) is 33.9 Å². The molecular formula is C13H10BrNO2. The number of pyridine rings is 1. The van der Waals surface area contributed by atoms with Crippen LogP contribution in [0, 0.1) is 0 Å². The molecule has 17 heavy (non-hydrogen) atoms. The van der Waals surface area contributed by atoms with Crippen molar-refractivity contribution in [1.29, 1.82) is 0 Å². The number of carbonyl (C=O) groups is 1. The monoisotopic (exact) mass is 291 g/mol. The van der Waals surface area contributed by atoms with Gasteiger partial charge in [0.05, 0.1) is 18.8 Å². The summed E-state index contributed by atoms with van der Waals surface area (Å²) in [6, 6.07) is 3.85. The molecule has 1 heterocycles. The lowest BCUT2D eigenvalue weighted by Gasteiger charge is -2.08. The average molecular weight is 292 g/mol. The van der Waals surface area contributed by atoms with Gasteiger partial charge >= 0.3 is 0 Å². The number of methoxy groups -OCH3 is 1. The molecule has 0 spiro atoms. The van der Waals surface area contributed by atoms with E-state index in [1.807, 2.05) is 12.1 Å². The van der Waals surface area contributed by atoms with Crippen LogP contribution in [0.4, 0.5) is 0 Å². The maximum Gasteiger partial charge on any atom is 0.164 e. The summed E-state index contributed by atoms with van der Waals surface area (Å²) in [5.74, 6) is 0.878. The lowest BCUT2D eigenvalue weighted by atomic mass is 10.0. The molecule has 0 N–H and O–H groups in total. The lowest BCUT2D eigenvalue weighted by Crippen LogP contribution is -1.96. The fourth-order valence-electron chi connectivity index (χ4n) is 2.30. The van der Waals surface area contributed by atoms with Gasteiger partial charge in [-0.25, -0.2) is 0 Å². The van der Waals surface area contributed by atoms with Crippen LogP contribution >= 0.6 is 15.9 Å². The Hall–Kier alpha value is -1.42. The highest BCUT2D eigenvalue weighted by Crippen LogP contribution is 2.35. The maximum atomic E-state index is 11.9. The first kappa shape index (κ1) is 10.7. The summed E-state index contributed by atoms with van der Waals surface area (Å²) in [5.41, 5.74) is 2.73. The SMILES string of the molecule is COc1cnc2cc(Br)c3c(c2c1)C(=O)CC3. The van der Waals surface area contributed by atoms with Crippen LogP contribution in [0.1, 0.15) is 22.3 Å². The predicted molar refractivity (Wildman–Crippen MR) is 68.6 cm³/mol. The molecule has 0 saturated carbocycles. The van der Waals surface area contributed by atoms with Crippen molar-refractivity contribution in [3.63, 3.8) is 0 Å². The van der Waals surface area contributed by atoms with Crippen molar-refractivity contribution in [3.8, 4) is 5.75 Å². The van der Waals surface area contributed by atoms with Gasteiger partial charge in [0.25, 0.3) is 0 Å². The number of halogens is 1. The van der Waals surface area contributed by atoms with Crippen LogP contribution in [-0.2, 0) is 6.42 Å². The third kappa shape index (κ3) is 1.55. The van der Waals surface area contributed by atoms with Crippen molar-refractivity contribution in [2.45, 2.75) is 12.8 Å². The maximum absolute atomic E-state index is 11.9. The van der Waals surface area contributed by atoms with E-state index in [2.05, 4.69) is 20.9 Å². The van der Waals surface area contributed by atoms with E-state index in [-0.39, 0.29) is 5.78 Å². The smallest absolute Gasteiger partial charge is 0.164 e. The summed E-state index contributed by atoms with van der Waals surface area (Å²) < 4.78 is 6.14. The van der Waals surface area contributed by atoms with E-state index in [9.17, 15) is 4.79 Å². The largest absolute Gasteiger partial charge is 0.495 e. The van der Waals surface area contributed by atoms with Crippen molar-refractivity contribution in [2.24, 2.45) is 0 Å². The first-order chi connectivity index (χ1) is 8.20. The summed E-state index contributed by atoms with van der Waals surface area (Å²) in [6.07, 6.45) is 3.06. The Morgan fingerprint density at radius 2 is 2.18 bits per heavy atom. The van der Waals surface area contributed by atoms with Gasteiger partial charge in [-0.15, -0.1) is 0 Å². The zero-order valence-electron chi connectivity index (χ0n) is 9.29. The van der Waals surface area contributed by atoms with Crippen LogP contribution in [0.2, 0.25) is 0 Å². The Balaban J connectivity index is 2.41. The fourth-order valence-corrected chi connectivity index (χ4v) is 2.91. The number of ketones is 1. The Morgan fingerprint density at radius 1 is 1.35 bits per heavy atom. The molecule has 0 atom stereocenters. The van der Waals surface area contributed by atoms with Crippen molar-refractivity contribution < 1.29 is 9.53 Å². The molecule has 4 heteroatoms. The van der Waals surface area contributed by atoms with Crippen LogP contribution in [0.3, 0.4) is 0 Å². The molecule has 1 aromatic carbocycles. The van der Waals surface area contributed by atoms with Gasteiger partial charge in [0, 0.05) is 21.8 Å². The number of hydrogen-bond donors (Lipinski definition) is 0. The third-order valence-electron chi connectivity index (χ3n) is 3.13. The van der Waals surface area contributed by atoms with Gasteiger partial charge in [-0.1, -0.05) is 15.9 Å². The van der Waals surface area contributed by atoms with Crippen molar-refractivity contribution in [1.82, 2.24) is 4.98 Å². The Bertz CT molecular complexity index is 637. The molecule has 1 aromatic heterocycles. The first-order valence-electron chi connectivity index (χ1n) is 5.39. The topological polar surface area (TPSA) is 39.2 Å². The van der Waals surface area contributed by atoms with Crippen molar-refractivity contribution in [2.75, 3.05) is 7.11 Å². The van der Waals surface area contributed by atoms with Crippen LogP contribution < -0.4 is 4.74 Å². The van der Waals surface area contributed by atoms with E-state index in [1.165, 1.54) is 0 Å². The number of hydrogen-bond acceptors (Lipinski definition) is 3. The summed E-state index contributed by atoms with van der Waals surface area (Å²) >= 11 is 3.51. The quantitative estimate of drug-likeness (QED) is 0.810. The summed E-state index contributed by atoms with van der Waals surface area (Å²) in [5, 5.41) is 0.894. The van der Waals surface area contributed by atoms with Gasteiger partial charge in [-0.3, -0.25) is 9.78 Å². The number of benzene rings is 1. The highest BCUT2D eigenvalue weighted by Gasteiger charge is 2.25.